The summed E-state index contributed by atoms with van der Waals surface area (Å²) in [4.78, 5) is 32.8. The minimum Gasteiger partial charge on any atom is -0.494 e. The fraction of sp³-hybridized carbons (Fsp3) is 0.182. The lowest BCUT2D eigenvalue weighted by molar-refractivity contribution is 0.100. The van der Waals surface area contributed by atoms with Crippen molar-refractivity contribution < 1.29 is 14.3 Å². The first-order chi connectivity index (χ1) is 13.9. The maximum Gasteiger partial charge on any atom is 0.274 e. The van der Waals surface area contributed by atoms with Crippen LogP contribution >= 0.6 is 0 Å². The molecule has 0 radical (unpaired) electrons. The van der Waals surface area contributed by atoms with Crippen LogP contribution in [0, 0.1) is 6.92 Å². The molecule has 1 amide bonds. The van der Waals surface area contributed by atoms with Gasteiger partial charge in [0.15, 0.2) is 5.78 Å². The summed E-state index contributed by atoms with van der Waals surface area (Å²) in [5, 5.41) is 5.86. The Kier molecular flexibility index (Phi) is 6.19. The first-order valence-corrected chi connectivity index (χ1v) is 9.22. The van der Waals surface area contributed by atoms with E-state index in [0.29, 0.717) is 29.5 Å². The van der Waals surface area contributed by atoms with Crippen molar-refractivity contribution >= 4 is 29.0 Å². The van der Waals surface area contributed by atoms with Gasteiger partial charge in [-0.05, 0) is 63.2 Å². The average Bonchev–Trinajstić information content (AvgIpc) is 2.69. The average molecular weight is 390 g/mol. The number of ether oxygens (including phenoxy) is 1. The third kappa shape index (κ3) is 5.38. The Bertz CT molecular complexity index is 1030. The molecule has 0 saturated carbocycles. The number of ketones is 1. The second kappa shape index (κ2) is 8.97. The molecular formula is C22H22N4O3. The summed E-state index contributed by atoms with van der Waals surface area (Å²) in [6.07, 6.45) is 0. The molecule has 0 spiro atoms. The van der Waals surface area contributed by atoms with Crippen LogP contribution in [0.2, 0.25) is 0 Å². The number of carbonyl (C=O) groups is 2. The smallest absolute Gasteiger partial charge is 0.274 e. The number of hydrogen-bond donors (Lipinski definition) is 2. The molecule has 1 heterocycles. The van der Waals surface area contributed by atoms with Gasteiger partial charge in [0.05, 0.1) is 6.61 Å². The molecular weight excluding hydrogens is 368 g/mol. The molecule has 1 aromatic heterocycles. The van der Waals surface area contributed by atoms with Gasteiger partial charge in [-0.15, -0.1) is 0 Å². The van der Waals surface area contributed by atoms with Crippen molar-refractivity contribution in [3.8, 4) is 5.75 Å². The molecule has 0 aliphatic carbocycles. The van der Waals surface area contributed by atoms with Gasteiger partial charge in [0.25, 0.3) is 5.91 Å². The van der Waals surface area contributed by atoms with E-state index in [0.717, 1.165) is 11.4 Å². The van der Waals surface area contributed by atoms with Gasteiger partial charge < -0.3 is 15.4 Å². The quantitative estimate of drug-likeness (QED) is 0.582. The van der Waals surface area contributed by atoms with E-state index in [1.165, 1.54) is 6.92 Å². The Balaban J connectivity index is 1.76. The number of nitrogens with zero attached hydrogens (tertiary/aromatic N) is 2. The maximum absolute atomic E-state index is 12.6. The van der Waals surface area contributed by atoms with Crippen LogP contribution in [0.1, 0.15) is 40.4 Å². The lowest BCUT2D eigenvalue weighted by atomic mass is 10.1. The molecule has 0 saturated heterocycles. The van der Waals surface area contributed by atoms with Crippen LogP contribution in [-0.4, -0.2) is 28.3 Å². The molecule has 7 heteroatoms. The fourth-order valence-electron chi connectivity index (χ4n) is 2.68. The Labute approximate surface area is 169 Å². The molecule has 0 atom stereocenters. The Morgan fingerprint density at radius 1 is 1.00 bits per heavy atom. The molecule has 2 N–H and O–H groups in total. The summed E-state index contributed by atoms with van der Waals surface area (Å²) in [6.45, 7) is 5.79. The van der Waals surface area contributed by atoms with E-state index in [9.17, 15) is 9.59 Å². The molecule has 7 nitrogen and oxygen atoms in total. The number of Topliss-reactive ketones (excluding diaryl/α,β-unsaturated/α-hetero) is 1. The fourth-order valence-corrected chi connectivity index (χ4v) is 2.68. The number of anilines is 3. The van der Waals surface area contributed by atoms with Gasteiger partial charge >= 0.3 is 0 Å². The number of benzene rings is 2. The third-order valence-corrected chi connectivity index (χ3v) is 4.04. The number of rotatable bonds is 7. The van der Waals surface area contributed by atoms with E-state index in [1.807, 2.05) is 31.2 Å². The predicted molar refractivity (Wildman–Crippen MR) is 112 cm³/mol. The highest BCUT2D eigenvalue weighted by atomic mass is 16.5. The van der Waals surface area contributed by atoms with Crippen LogP contribution in [-0.2, 0) is 0 Å². The number of nitrogens with one attached hydrogen (secondary N) is 2. The van der Waals surface area contributed by atoms with Crippen LogP contribution in [0.3, 0.4) is 0 Å². The minimum atomic E-state index is -0.383. The lowest BCUT2D eigenvalue weighted by Gasteiger charge is -2.10. The van der Waals surface area contributed by atoms with Gasteiger partial charge in [-0.25, -0.2) is 9.97 Å². The molecule has 0 aliphatic rings. The lowest BCUT2D eigenvalue weighted by Crippen LogP contribution is -2.15. The zero-order chi connectivity index (χ0) is 20.8. The zero-order valence-electron chi connectivity index (χ0n) is 16.5. The van der Waals surface area contributed by atoms with Crippen LogP contribution < -0.4 is 15.4 Å². The highest BCUT2D eigenvalue weighted by molar-refractivity contribution is 6.04. The van der Waals surface area contributed by atoms with E-state index in [4.69, 9.17) is 4.74 Å². The number of aromatic nitrogens is 2. The van der Waals surface area contributed by atoms with E-state index >= 15 is 0 Å². The highest BCUT2D eigenvalue weighted by Crippen LogP contribution is 2.19. The number of carbonyl (C=O) groups excluding carboxylic acids is 2. The molecule has 0 unspecified atom stereocenters. The summed E-state index contributed by atoms with van der Waals surface area (Å²) in [5.74, 6) is 0.639. The normalized spacial score (nSPS) is 10.3. The van der Waals surface area contributed by atoms with Crippen LogP contribution in [0.15, 0.2) is 54.6 Å². The van der Waals surface area contributed by atoms with E-state index < -0.39 is 0 Å². The van der Waals surface area contributed by atoms with Gasteiger partial charge in [0.1, 0.15) is 11.4 Å². The SMILES string of the molecule is CCOc1ccc(Nc2nc(C)cc(C(=O)Nc3cccc(C(C)=O)c3)n2)cc1. The van der Waals surface area contributed by atoms with Gasteiger partial charge in [-0.1, -0.05) is 12.1 Å². The van der Waals surface area contributed by atoms with Gasteiger partial charge in [0, 0.05) is 22.6 Å². The van der Waals surface area contributed by atoms with Crippen molar-refractivity contribution in [2.24, 2.45) is 0 Å². The molecule has 0 bridgehead atoms. The van der Waals surface area contributed by atoms with Crippen molar-refractivity contribution in [1.82, 2.24) is 9.97 Å². The molecule has 2 aromatic carbocycles. The van der Waals surface area contributed by atoms with Crippen molar-refractivity contribution in [2.75, 3.05) is 17.2 Å². The van der Waals surface area contributed by atoms with E-state index in [1.54, 1.807) is 37.3 Å². The number of amides is 1. The summed E-state index contributed by atoms with van der Waals surface area (Å²) in [5.41, 5.74) is 2.70. The van der Waals surface area contributed by atoms with Gasteiger partial charge in [-0.3, -0.25) is 9.59 Å². The summed E-state index contributed by atoms with van der Waals surface area (Å²) in [7, 11) is 0. The standard InChI is InChI=1S/C22H22N4O3/c1-4-29-19-10-8-17(9-11-19)25-22-23-14(2)12-20(26-22)21(28)24-18-7-5-6-16(13-18)15(3)27/h5-13H,4H2,1-3H3,(H,24,28)(H,23,25,26). The summed E-state index contributed by atoms with van der Waals surface area (Å²) >= 11 is 0. The van der Waals surface area contributed by atoms with Crippen molar-refractivity contribution in [2.45, 2.75) is 20.8 Å². The van der Waals surface area contributed by atoms with Crippen molar-refractivity contribution in [3.05, 3.63) is 71.5 Å². The van der Waals surface area contributed by atoms with Gasteiger partial charge in [0.2, 0.25) is 5.95 Å². The Morgan fingerprint density at radius 2 is 1.76 bits per heavy atom. The molecule has 0 fully saturated rings. The first kappa shape index (κ1) is 20.0. The second-order valence-corrected chi connectivity index (χ2v) is 6.39. The monoisotopic (exact) mass is 390 g/mol. The van der Waals surface area contributed by atoms with Gasteiger partial charge in [-0.2, -0.15) is 0 Å². The maximum atomic E-state index is 12.6. The van der Waals surface area contributed by atoms with Crippen molar-refractivity contribution in [1.29, 1.82) is 0 Å². The predicted octanol–water partition coefficient (Wildman–Crippen LogP) is 4.38. The number of aryl methyl sites for hydroxylation is 1. The van der Waals surface area contributed by atoms with E-state index in [-0.39, 0.29) is 17.4 Å². The molecule has 148 valence electrons. The molecule has 3 aromatic rings. The first-order valence-electron chi connectivity index (χ1n) is 9.22. The topological polar surface area (TPSA) is 93.2 Å². The van der Waals surface area contributed by atoms with E-state index in [2.05, 4.69) is 20.6 Å². The summed E-state index contributed by atoms with van der Waals surface area (Å²) in [6, 6.07) is 15.8. The molecule has 0 aliphatic heterocycles. The second-order valence-electron chi connectivity index (χ2n) is 6.39. The van der Waals surface area contributed by atoms with Crippen molar-refractivity contribution in [3.63, 3.8) is 0 Å². The van der Waals surface area contributed by atoms with Crippen LogP contribution in [0.25, 0.3) is 0 Å². The largest absolute Gasteiger partial charge is 0.494 e. The minimum absolute atomic E-state index is 0.0687. The Morgan fingerprint density at radius 3 is 2.45 bits per heavy atom. The zero-order valence-corrected chi connectivity index (χ0v) is 16.5. The molecule has 3 rings (SSSR count). The molecule has 29 heavy (non-hydrogen) atoms. The highest BCUT2D eigenvalue weighted by Gasteiger charge is 2.12. The van der Waals surface area contributed by atoms with Crippen LogP contribution in [0.4, 0.5) is 17.3 Å². The Hall–Kier alpha value is -3.74. The summed E-state index contributed by atoms with van der Waals surface area (Å²) < 4.78 is 5.43. The number of hydrogen-bond acceptors (Lipinski definition) is 6. The van der Waals surface area contributed by atoms with Crippen LogP contribution in [0.5, 0.6) is 5.75 Å². The third-order valence-electron chi connectivity index (χ3n) is 4.04.